The summed E-state index contributed by atoms with van der Waals surface area (Å²) in [6.07, 6.45) is -1.85. The zero-order valence-corrected chi connectivity index (χ0v) is 5.56. The first kappa shape index (κ1) is 7.88. The monoisotopic (exact) mass is 151 g/mol. The maximum absolute atomic E-state index is 11.9. The summed E-state index contributed by atoms with van der Waals surface area (Å²) in [5.74, 6) is -0.558. The third-order valence-corrected chi connectivity index (χ3v) is 1.83. The van der Waals surface area contributed by atoms with Crippen molar-refractivity contribution in [1.29, 1.82) is 0 Å². The van der Waals surface area contributed by atoms with Gasteiger partial charge < -0.3 is 10.4 Å². The summed E-state index contributed by atoms with van der Waals surface area (Å²) in [5.41, 5.74) is 0. The molecule has 0 spiro atoms. The molecule has 2 N–H and O–H groups in total. The molecular formula is C6H11F2NO. The van der Waals surface area contributed by atoms with E-state index in [4.69, 9.17) is 5.11 Å². The average molecular weight is 151 g/mol. The number of alkyl halides is 2. The summed E-state index contributed by atoms with van der Waals surface area (Å²) >= 11 is 0. The molecule has 1 rings (SSSR count). The SMILES string of the molecule is OC[C@@H]1C[C@@H](C(F)F)CN1. The molecule has 0 radical (unpaired) electrons. The maximum Gasteiger partial charge on any atom is 0.242 e. The zero-order valence-electron chi connectivity index (χ0n) is 5.56. The Kier molecular flexibility index (Phi) is 2.56. The van der Waals surface area contributed by atoms with Gasteiger partial charge in [0, 0.05) is 18.5 Å². The highest BCUT2D eigenvalue weighted by molar-refractivity contribution is 4.81. The van der Waals surface area contributed by atoms with Crippen molar-refractivity contribution in [1.82, 2.24) is 5.32 Å². The number of nitrogens with one attached hydrogen (secondary N) is 1. The predicted octanol–water partition coefficient (Wildman–Crippen LogP) is 0.222. The van der Waals surface area contributed by atoms with E-state index in [9.17, 15) is 8.78 Å². The second kappa shape index (κ2) is 3.25. The molecule has 1 saturated heterocycles. The van der Waals surface area contributed by atoms with Gasteiger partial charge >= 0.3 is 0 Å². The third kappa shape index (κ3) is 1.64. The molecule has 1 fully saturated rings. The van der Waals surface area contributed by atoms with Crippen LogP contribution in [0.5, 0.6) is 0 Å². The first-order chi connectivity index (χ1) is 4.74. The van der Waals surface area contributed by atoms with Gasteiger partial charge in [0.25, 0.3) is 0 Å². The smallest absolute Gasteiger partial charge is 0.242 e. The Labute approximate surface area is 58.2 Å². The van der Waals surface area contributed by atoms with E-state index in [0.29, 0.717) is 13.0 Å². The van der Waals surface area contributed by atoms with Gasteiger partial charge in [-0.05, 0) is 6.42 Å². The van der Waals surface area contributed by atoms with Gasteiger partial charge in [0.05, 0.1) is 6.61 Å². The predicted molar refractivity (Wildman–Crippen MR) is 33.0 cm³/mol. The molecule has 2 atom stereocenters. The first-order valence-electron chi connectivity index (χ1n) is 3.36. The number of aliphatic hydroxyl groups is 1. The van der Waals surface area contributed by atoms with Gasteiger partial charge in [-0.3, -0.25) is 0 Å². The Morgan fingerprint density at radius 2 is 2.30 bits per heavy atom. The van der Waals surface area contributed by atoms with E-state index in [0.717, 1.165) is 0 Å². The van der Waals surface area contributed by atoms with E-state index in [1.54, 1.807) is 0 Å². The lowest BCUT2D eigenvalue weighted by atomic mass is 10.1. The van der Waals surface area contributed by atoms with Crippen molar-refractivity contribution in [3.05, 3.63) is 0 Å². The summed E-state index contributed by atoms with van der Waals surface area (Å²) < 4.78 is 23.9. The van der Waals surface area contributed by atoms with Crippen LogP contribution in [0.3, 0.4) is 0 Å². The molecular weight excluding hydrogens is 140 g/mol. The van der Waals surface area contributed by atoms with Crippen LogP contribution in [0.1, 0.15) is 6.42 Å². The van der Waals surface area contributed by atoms with Crippen LogP contribution in [0.25, 0.3) is 0 Å². The van der Waals surface area contributed by atoms with Gasteiger partial charge in [-0.25, -0.2) is 8.78 Å². The quantitative estimate of drug-likeness (QED) is 0.591. The van der Waals surface area contributed by atoms with E-state index in [1.165, 1.54) is 0 Å². The Balaban J connectivity index is 2.28. The minimum atomic E-state index is -2.25. The van der Waals surface area contributed by atoms with Gasteiger partial charge in [0.1, 0.15) is 0 Å². The highest BCUT2D eigenvalue weighted by atomic mass is 19.3. The van der Waals surface area contributed by atoms with Crippen molar-refractivity contribution < 1.29 is 13.9 Å². The van der Waals surface area contributed by atoms with Gasteiger partial charge in [-0.2, -0.15) is 0 Å². The highest BCUT2D eigenvalue weighted by Gasteiger charge is 2.29. The zero-order chi connectivity index (χ0) is 7.56. The average Bonchev–Trinajstić information content (AvgIpc) is 2.34. The Bertz CT molecular complexity index is 110. The second-order valence-electron chi connectivity index (χ2n) is 2.62. The van der Waals surface area contributed by atoms with Gasteiger partial charge in [-0.15, -0.1) is 0 Å². The summed E-state index contributed by atoms with van der Waals surface area (Å²) in [4.78, 5) is 0. The minimum Gasteiger partial charge on any atom is -0.395 e. The molecule has 60 valence electrons. The Hall–Kier alpha value is -0.220. The molecule has 1 heterocycles. The highest BCUT2D eigenvalue weighted by Crippen LogP contribution is 2.20. The van der Waals surface area contributed by atoms with Crippen molar-refractivity contribution >= 4 is 0 Å². The van der Waals surface area contributed by atoms with E-state index in [1.807, 2.05) is 0 Å². The molecule has 4 heteroatoms. The van der Waals surface area contributed by atoms with Gasteiger partial charge in [0.15, 0.2) is 0 Å². The topological polar surface area (TPSA) is 32.3 Å². The molecule has 1 aliphatic heterocycles. The van der Waals surface area contributed by atoms with Crippen LogP contribution in [-0.4, -0.2) is 30.7 Å². The fraction of sp³-hybridized carbons (Fsp3) is 1.00. The van der Waals surface area contributed by atoms with Crippen LogP contribution < -0.4 is 5.32 Å². The van der Waals surface area contributed by atoms with E-state index in [2.05, 4.69) is 5.32 Å². The third-order valence-electron chi connectivity index (χ3n) is 1.83. The lowest BCUT2D eigenvalue weighted by Gasteiger charge is -2.05. The largest absolute Gasteiger partial charge is 0.395 e. The number of halogens is 2. The van der Waals surface area contributed by atoms with Crippen LogP contribution >= 0.6 is 0 Å². The normalized spacial score (nSPS) is 33.6. The Morgan fingerprint density at radius 3 is 2.60 bits per heavy atom. The molecule has 0 aromatic heterocycles. The lowest BCUT2D eigenvalue weighted by molar-refractivity contribution is 0.0846. The summed E-state index contributed by atoms with van der Waals surface area (Å²) in [6, 6.07) is -0.112. The molecule has 0 unspecified atom stereocenters. The van der Waals surface area contributed by atoms with Crippen LogP contribution in [0, 0.1) is 5.92 Å². The van der Waals surface area contributed by atoms with Gasteiger partial charge in [0.2, 0.25) is 6.43 Å². The maximum atomic E-state index is 11.9. The van der Waals surface area contributed by atoms with Crippen LogP contribution in [0.15, 0.2) is 0 Å². The molecule has 0 aromatic carbocycles. The van der Waals surface area contributed by atoms with Crippen molar-refractivity contribution in [2.45, 2.75) is 18.9 Å². The first-order valence-corrected chi connectivity index (χ1v) is 3.36. The molecule has 2 nitrogen and oxygen atoms in total. The summed E-state index contributed by atoms with van der Waals surface area (Å²) in [7, 11) is 0. The molecule has 0 saturated carbocycles. The van der Waals surface area contributed by atoms with Crippen LogP contribution in [0.4, 0.5) is 8.78 Å². The van der Waals surface area contributed by atoms with Crippen molar-refractivity contribution in [3.63, 3.8) is 0 Å². The summed E-state index contributed by atoms with van der Waals surface area (Å²) in [6.45, 7) is 0.298. The number of aliphatic hydroxyl groups excluding tert-OH is 1. The molecule has 1 aliphatic rings. The Morgan fingerprint density at radius 1 is 1.60 bits per heavy atom. The second-order valence-corrected chi connectivity index (χ2v) is 2.62. The summed E-state index contributed by atoms with van der Waals surface area (Å²) in [5, 5.41) is 11.4. The molecule has 0 aromatic rings. The lowest BCUT2D eigenvalue weighted by Crippen LogP contribution is -2.24. The molecule has 10 heavy (non-hydrogen) atoms. The van der Waals surface area contributed by atoms with Gasteiger partial charge in [-0.1, -0.05) is 0 Å². The van der Waals surface area contributed by atoms with Crippen molar-refractivity contribution in [3.8, 4) is 0 Å². The number of rotatable bonds is 2. The number of hydrogen-bond acceptors (Lipinski definition) is 2. The minimum absolute atomic E-state index is 0.0385. The van der Waals surface area contributed by atoms with Crippen LogP contribution in [-0.2, 0) is 0 Å². The fourth-order valence-electron chi connectivity index (χ4n) is 1.18. The molecule has 0 amide bonds. The van der Waals surface area contributed by atoms with E-state index >= 15 is 0 Å². The van der Waals surface area contributed by atoms with E-state index < -0.39 is 12.3 Å². The van der Waals surface area contributed by atoms with Crippen molar-refractivity contribution in [2.75, 3.05) is 13.2 Å². The fourth-order valence-corrected chi connectivity index (χ4v) is 1.18. The number of hydrogen-bond donors (Lipinski definition) is 2. The molecule has 0 aliphatic carbocycles. The van der Waals surface area contributed by atoms with E-state index in [-0.39, 0.29) is 12.6 Å². The standard InChI is InChI=1S/C6H11F2NO/c7-6(8)4-1-5(3-10)9-2-4/h4-6,9-10H,1-3H2/t4-,5+/m1/s1. The van der Waals surface area contributed by atoms with Crippen LogP contribution in [0.2, 0.25) is 0 Å². The van der Waals surface area contributed by atoms with Crippen molar-refractivity contribution in [2.24, 2.45) is 5.92 Å². The molecule has 0 bridgehead atoms.